The van der Waals surface area contributed by atoms with Crippen LogP contribution in [0.4, 0.5) is 11.4 Å². The van der Waals surface area contributed by atoms with E-state index in [9.17, 15) is 9.59 Å². The highest BCUT2D eigenvalue weighted by Gasteiger charge is 2.35. The van der Waals surface area contributed by atoms with Gasteiger partial charge in [-0.05, 0) is 42.0 Å². The molecule has 136 valence electrons. The van der Waals surface area contributed by atoms with E-state index in [0.29, 0.717) is 12.2 Å². The number of benzene rings is 2. The molecular formula is C20H17BrN4O2. The molecule has 2 amide bonds. The van der Waals surface area contributed by atoms with E-state index in [2.05, 4.69) is 31.4 Å². The predicted molar refractivity (Wildman–Crippen MR) is 107 cm³/mol. The Balaban J connectivity index is 1.42. The minimum atomic E-state index is -0.372. The zero-order chi connectivity index (χ0) is 18.8. The number of rotatable bonds is 4. The normalized spacial score (nSPS) is 16.6. The fourth-order valence-corrected chi connectivity index (χ4v) is 3.56. The van der Waals surface area contributed by atoms with Gasteiger partial charge in [0, 0.05) is 35.0 Å². The summed E-state index contributed by atoms with van der Waals surface area (Å²) >= 11 is 3.41. The molecule has 0 spiro atoms. The summed E-state index contributed by atoms with van der Waals surface area (Å²) < 4.78 is 0.901. The number of nitrogens with one attached hydrogen (secondary N) is 2. The smallest absolute Gasteiger partial charge is 0.229 e. The fraction of sp³-hybridized carbons (Fsp3) is 0.150. The summed E-state index contributed by atoms with van der Waals surface area (Å²) in [5.41, 5.74) is 3.41. The van der Waals surface area contributed by atoms with Gasteiger partial charge in [-0.25, -0.2) is 0 Å². The summed E-state index contributed by atoms with van der Waals surface area (Å²) in [6.45, 7) is 0.382. The maximum atomic E-state index is 12.6. The molecule has 7 heteroatoms. The largest absolute Gasteiger partial charge is 0.326 e. The molecule has 1 unspecified atom stereocenters. The zero-order valence-corrected chi connectivity index (χ0v) is 15.9. The van der Waals surface area contributed by atoms with Crippen molar-refractivity contribution in [2.45, 2.75) is 6.42 Å². The van der Waals surface area contributed by atoms with Crippen LogP contribution in [0.2, 0.25) is 0 Å². The topological polar surface area (TPSA) is 78.1 Å². The average molecular weight is 425 g/mol. The molecule has 27 heavy (non-hydrogen) atoms. The highest BCUT2D eigenvalue weighted by Crippen LogP contribution is 2.28. The van der Waals surface area contributed by atoms with Crippen LogP contribution >= 0.6 is 15.9 Å². The molecule has 2 N–H and O–H groups in total. The molecule has 0 radical (unpaired) electrons. The molecule has 2 aromatic carbocycles. The Morgan fingerprint density at radius 2 is 2.00 bits per heavy atom. The Morgan fingerprint density at radius 1 is 1.19 bits per heavy atom. The Hall–Kier alpha value is -2.93. The van der Waals surface area contributed by atoms with Crippen molar-refractivity contribution < 1.29 is 9.59 Å². The van der Waals surface area contributed by atoms with Gasteiger partial charge in [0.15, 0.2) is 0 Å². The van der Waals surface area contributed by atoms with E-state index in [4.69, 9.17) is 0 Å². The van der Waals surface area contributed by atoms with Crippen molar-refractivity contribution in [1.29, 1.82) is 0 Å². The molecule has 1 aliphatic rings. The SMILES string of the molecule is O=C(Nc1ccc(-c2ccn[nH]2)cc1)C1CC(=O)N(c2cccc(Br)c2)C1. The first-order chi connectivity index (χ1) is 13.1. The lowest BCUT2D eigenvalue weighted by molar-refractivity contribution is -0.122. The summed E-state index contributed by atoms with van der Waals surface area (Å²) in [7, 11) is 0. The van der Waals surface area contributed by atoms with E-state index in [1.54, 1.807) is 11.1 Å². The summed E-state index contributed by atoms with van der Waals surface area (Å²) in [4.78, 5) is 26.6. The van der Waals surface area contributed by atoms with Crippen LogP contribution in [0.3, 0.4) is 0 Å². The lowest BCUT2D eigenvalue weighted by Crippen LogP contribution is -2.28. The van der Waals surface area contributed by atoms with E-state index < -0.39 is 0 Å². The second kappa shape index (κ2) is 7.36. The summed E-state index contributed by atoms with van der Waals surface area (Å²) in [6, 6.07) is 16.9. The zero-order valence-electron chi connectivity index (χ0n) is 14.4. The Labute approximate surface area is 164 Å². The number of aromatic nitrogens is 2. The van der Waals surface area contributed by atoms with Crippen LogP contribution in [-0.2, 0) is 9.59 Å². The minimum Gasteiger partial charge on any atom is -0.326 e. The van der Waals surface area contributed by atoms with Crippen molar-refractivity contribution in [3.05, 3.63) is 65.3 Å². The van der Waals surface area contributed by atoms with E-state index in [0.717, 1.165) is 21.4 Å². The van der Waals surface area contributed by atoms with Crippen molar-refractivity contribution in [3.63, 3.8) is 0 Å². The number of amides is 2. The monoisotopic (exact) mass is 424 g/mol. The van der Waals surface area contributed by atoms with Gasteiger partial charge in [-0.2, -0.15) is 5.10 Å². The van der Waals surface area contributed by atoms with Gasteiger partial charge in [0.1, 0.15) is 0 Å². The van der Waals surface area contributed by atoms with E-state index >= 15 is 0 Å². The third-order valence-corrected chi connectivity index (χ3v) is 5.07. The number of hydrogen-bond acceptors (Lipinski definition) is 3. The number of carbonyl (C=O) groups is 2. The number of halogens is 1. The minimum absolute atomic E-state index is 0.0390. The lowest BCUT2D eigenvalue weighted by atomic mass is 10.1. The fourth-order valence-electron chi connectivity index (χ4n) is 3.17. The molecule has 6 nitrogen and oxygen atoms in total. The Morgan fingerprint density at radius 3 is 2.70 bits per heavy atom. The van der Waals surface area contributed by atoms with Crippen LogP contribution in [0.5, 0.6) is 0 Å². The average Bonchev–Trinajstić information content (AvgIpc) is 3.32. The number of anilines is 2. The summed E-state index contributed by atoms with van der Waals surface area (Å²) in [5, 5.41) is 9.74. The first-order valence-electron chi connectivity index (χ1n) is 8.57. The lowest BCUT2D eigenvalue weighted by Gasteiger charge is -2.17. The number of carbonyl (C=O) groups excluding carboxylic acids is 2. The molecule has 1 aromatic heterocycles. The Kier molecular flexibility index (Phi) is 4.77. The van der Waals surface area contributed by atoms with Crippen molar-refractivity contribution in [1.82, 2.24) is 10.2 Å². The molecule has 0 saturated carbocycles. The highest BCUT2D eigenvalue weighted by atomic mass is 79.9. The third-order valence-electron chi connectivity index (χ3n) is 4.58. The predicted octanol–water partition coefficient (Wildman–Crippen LogP) is 3.83. The maximum Gasteiger partial charge on any atom is 0.229 e. The molecule has 4 rings (SSSR count). The third kappa shape index (κ3) is 3.78. The van der Waals surface area contributed by atoms with Crippen molar-refractivity contribution >= 4 is 39.1 Å². The number of hydrogen-bond donors (Lipinski definition) is 2. The second-order valence-electron chi connectivity index (χ2n) is 6.42. The first-order valence-corrected chi connectivity index (χ1v) is 9.36. The summed E-state index contributed by atoms with van der Waals surface area (Å²) in [5.74, 6) is -0.554. The van der Waals surface area contributed by atoms with Crippen LogP contribution < -0.4 is 10.2 Å². The Bertz CT molecular complexity index is 970. The number of nitrogens with zero attached hydrogens (tertiary/aromatic N) is 2. The van der Waals surface area contributed by atoms with E-state index in [1.165, 1.54) is 0 Å². The van der Waals surface area contributed by atoms with Crippen LogP contribution in [0, 0.1) is 5.92 Å². The molecule has 1 saturated heterocycles. The van der Waals surface area contributed by atoms with E-state index in [1.807, 2.05) is 54.6 Å². The molecule has 1 aliphatic heterocycles. The number of aromatic amines is 1. The number of H-pyrrole nitrogens is 1. The summed E-state index contributed by atoms with van der Waals surface area (Å²) in [6.07, 6.45) is 1.91. The van der Waals surface area contributed by atoms with Crippen LogP contribution in [0.15, 0.2) is 65.3 Å². The maximum absolute atomic E-state index is 12.6. The van der Waals surface area contributed by atoms with Crippen molar-refractivity contribution in [2.75, 3.05) is 16.8 Å². The van der Waals surface area contributed by atoms with Gasteiger partial charge in [-0.3, -0.25) is 14.7 Å². The van der Waals surface area contributed by atoms with Crippen LogP contribution in [-0.4, -0.2) is 28.6 Å². The second-order valence-corrected chi connectivity index (χ2v) is 7.34. The van der Waals surface area contributed by atoms with Gasteiger partial charge in [-0.1, -0.05) is 34.1 Å². The van der Waals surface area contributed by atoms with Crippen molar-refractivity contribution in [2.24, 2.45) is 5.92 Å². The standard InChI is InChI=1S/C20H17BrN4O2/c21-15-2-1-3-17(11-15)25-12-14(10-19(25)26)20(27)23-16-6-4-13(5-7-16)18-8-9-22-24-18/h1-9,11,14H,10,12H2,(H,22,24)(H,23,27). The first kappa shape index (κ1) is 17.5. The van der Waals surface area contributed by atoms with Gasteiger partial charge < -0.3 is 10.2 Å². The highest BCUT2D eigenvalue weighted by molar-refractivity contribution is 9.10. The quantitative estimate of drug-likeness (QED) is 0.667. The molecule has 2 heterocycles. The van der Waals surface area contributed by atoms with Gasteiger partial charge in [0.2, 0.25) is 11.8 Å². The van der Waals surface area contributed by atoms with E-state index in [-0.39, 0.29) is 24.2 Å². The molecule has 0 aliphatic carbocycles. The van der Waals surface area contributed by atoms with Gasteiger partial charge in [0.05, 0.1) is 11.6 Å². The molecule has 1 fully saturated rings. The van der Waals surface area contributed by atoms with Gasteiger partial charge in [0.25, 0.3) is 0 Å². The van der Waals surface area contributed by atoms with Crippen molar-refractivity contribution in [3.8, 4) is 11.3 Å². The van der Waals surface area contributed by atoms with Crippen LogP contribution in [0.25, 0.3) is 11.3 Å². The molecule has 1 atom stereocenters. The van der Waals surface area contributed by atoms with Gasteiger partial charge in [-0.15, -0.1) is 0 Å². The van der Waals surface area contributed by atoms with Gasteiger partial charge >= 0.3 is 0 Å². The van der Waals surface area contributed by atoms with Crippen LogP contribution in [0.1, 0.15) is 6.42 Å². The molecule has 3 aromatic rings. The molecule has 0 bridgehead atoms. The molecular weight excluding hydrogens is 408 g/mol.